The number of carbonyl (C=O) groups is 1. The number of quaternary nitrogens is 1. The summed E-state index contributed by atoms with van der Waals surface area (Å²) in [6, 6.07) is 16.2. The van der Waals surface area contributed by atoms with E-state index in [4.69, 9.17) is 0 Å². The van der Waals surface area contributed by atoms with E-state index in [0.717, 1.165) is 18.7 Å². The molecule has 2 aliphatic heterocycles. The molecule has 0 aliphatic carbocycles. The van der Waals surface area contributed by atoms with Crippen molar-refractivity contribution in [2.45, 2.75) is 44.4 Å². The van der Waals surface area contributed by atoms with E-state index in [0.29, 0.717) is 19.4 Å². The first-order chi connectivity index (χ1) is 14.6. The van der Waals surface area contributed by atoms with Crippen LogP contribution >= 0.6 is 0 Å². The second kappa shape index (κ2) is 7.93. The predicted molar refractivity (Wildman–Crippen MR) is 108 cm³/mol. The van der Waals surface area contributed by atoms with Crippen molar-refractivity contribution >= 4 is 5.97 Å². The van der Waals surface area contributed by atoms with Crippen molar-refractivity contribution < 1.29 is 27.6 Å². The zero-order valence-corrected chi connectivity index (χ0v) is 17.3. The van der Waals surface area contributed by atoms with Gasteiger partial charge in [0, 0.05) is 37.9 Å². The molecule has 0 bridgehead atoms. The predicted octanol–water partition coefficient (Wildman–Crippen LogP) is 4.38. The molecule has 5 nitrogen and oxygen atoms in total. The van der Waals surface area contributed by atoms with Crippen molar-refractivity contribution in [1.82, 2.24) is 4.90 Å². The number of halogens is 3. The van der Waals surface area contributed by atoms with E-state index in [1.165, 1.54) is 16.7 Å². The molecule has 1 fully saturated rings. The van der Waals surface area contributed by atoms with Gasteiger partial charge in [0.25, 0.3) is 0 Å². The Bertz CT molecular complexity index is 954. The minimum absolute atomic E-state index is 0.200. The quantitative estimate of drug-likeness (QED) is 0.532. The molecule has 0 saturated carbocycles. The van der Waals surface area contributed by atoms with E-state index in [-0.39, 0.29) is 18.5 Å². The number of hydrogen-bond acceptors (Lipinski definition) is 4. The fourth-order valence-corrected chi connectivity index (χ4v) is 5.08. The largest absolute Gasteiger partial charge is 0.589 e. The van der Waals surface area contributed by atoms with Crippen molar-refractivity contribution in [2.75, 3.05) is 19.6 Å². The first-order valence-corrected chi connectivity index (χ1v) is 10.3. The van der Waals surface area contributed by atoms with Crippen LogP contribution in [-0.4, -0.2) is 41.5 Å². The molecule has 2 aromatic rings. The molecule has 166 valence electrons. The Morgan fingerprint density at radius 3 is 2.45 bits per heavy atom. The van der Waals surface area contributed by atoms with Crippen LogP contribution in [-0.2, 0) is 28.1 Å². The zero-order chi connectivity index (χ0) is 22.3. The summed E-state index contributed by atoms with van der Waals surface area (Å²) in [5.74, 6) is -2.43. The number of hydrogen-bond donors (Lipinski definition) is 0. The third kappa shape index (κ3) is 4.46. The average Bonchev–Trinajstić information content (AvgIpc) is 2.70. The van der Waals surface area contributed by atoms with E-state index in [9.17, 15) is 23.2 Å². The van der Waals surface area contributed by atoms with Crippen molar-refractivity contribution in [3.8, 4) is 0 Å². The number of rotatable bonds is 3. The third-order valence-corrected chi connectivity index (χ3v) is 6.40. The summed E-state index contributed by atoms with van der Waals surface area (Å²) in [5.41, 5.74) is 4.31. The molecule has 0 radical (unpaired) electrons. The van der Waals surface area contributed by atoms with Gasteiger partial charge in [0.2, 0.25) is 0 Å². The summed E-state index contributed by atoms with van der Waals surface area (Å²) in [5, 5.41) is 12.8. The van der Waals surface area contributed by atoms with Gasteiger partial charge in [0.1, 0.15) is 13.1 Å². The van der Waals surface area contributed by atoms with Gasteiger partial charge in [-0.2, -0.15) is 18.0 Å². The lowest BCUT2D eigenvalue weighted by molar-refractivity contribution is -1.06. The number of hydroxylamine groups is 4. The summed E-state index contributed by atoms with van der Waals surface area (Å²) >= 11 is 0. The second-order valence-electron chi connectivity index (χ2n) is 8.66. The Morgan fingerprint density at radius 1 is 1.13 bits per heavy atom. The van der Waals surface area contributed by atoms with E-state index < -0.39 is 17.0 Å². The molecule has 0 N–H and O–H groups in total. The summed E-state index contributed by atoms with van der Waals surface area (Å²) in [4.78, 5) is 16.3. The van der Waals surface area contributed by atoms with Gasteiger partial charge in [0.05, 0.1) is 0 Å². The highest BCUT2D eigenvalue weighted by Crippen LogP contribution is 2.45. The van der Waals surface area contributed by atoms with Crippen LogP contribution in [0.3, 0.4) is 0 Å². The molecule has 2 heterocycles. The first-order valence-electron chi connectivity index (χ1n) is 10.3. The van der Waals surface area contributed by atoms with Crippen LogP contribution in [0.25, 0.3) is 0 Å². The maximum Gasteiger partial charge on any atom is 0.497 e. The van der Waals surface area contributed by atoms with Gasteiger partial charge >= 0.3 is 12.1 Å². The number of carbonyl (C=O) groups excluding carboxylic acids is 1. The van der Waals surface area contributed by atoms with E-state index in [1.54, 1.807) is 0 Å². The molecule has 4 rings (SSSR count). The zero-order valence-electron chi connectivity index (χ0n) is 17.3. The van der Waals surface area contributed by atoms with Crippen molar-refractivity contribution in [2.24, 2.45) is 0 Å². The number of aryl methyl sites for hydroxylation is 1. The highest BCUT2D eigenvalue weighted by Gasteiger charge is 2.50. The third-order valence-electron chi connectivity index (χ3n) is 6.40. The van der Waals surface area contributed by atoms with Crippen LogP contribution in [0, 0.1) is 12.1 Å². The van der Waals surface area contributed by atoms with Crippen LogP contribution in [0.5, 0.6) is 0 Å². The summed E-state index contributed by atoms with van der Waals surface area (Å²) in [6.45, 7) is 3.85. The van der Waals surface area contributed by atoms with Gasteiger partial charge in [-0.3, -0.25) is 9.74 Å². The normalized spacial score (nSPS) is 26.5. The highest BCUT2D eigenvalue weighted by molar-refractivity contribution is 5.74. The van der Waals surface area contributed by atoms with Gasteiger partial charge in [-0.05, 0) is 29.2 Å². The van der Waals surface area contributed by atoms with E-state index in [1.807, 2.05) is 37.3 Å². The Hall–Kier alpha value is -2.42. The van der Waals surface area contributed by atoms with E-state index in [2.05, 4.69) is 27.9 Å². The summed E-state index contributed by atoms with van der Waals surface area (Å²) < 4.78 is 37.8. The van der Waals surface area contributed by atoms with Crippen LogP contribution < -0.4 is 0 Å². The Balaban J connectivity index is 1.58. The Kier molecular flexibility index (Phi) is 5.57. The molecular formula is C23H25F3N2O3. The fraction of sp³-hybridized carbons (Fsp3) is 0.435. The van der Waals surface area contributed by atoms with Gasteiger partial charge in [-0.25, -0.2) is 4.79 Å². The van der Waals surface area contributed by atoms with Crippen LogP contribution in [0.1, 0.15) is 35.1 Å². The lowest BCUT2D eigenvalue weighted by Gasteiger charge is -2.52. The van der Waals surface area contributed by atoms with Gasteiger partial charge in [-0.1, -0.05) is 48.5 Å². The van der Waals surface area contributed by atoms with Crippen molar-refractivity contribution in [3.63, 3.8) is 0 Å². The Labute approximate surface area is 179 Å². The van der Waals surface area contributed by atoms with Crippen molar-refractivity contribution in [1.29, 1.82) is 0 Å². The molecule has 0 unspecified atom stereocenters. The summed E-state index contributed by atoms with van der Waals surface area (Å²) in [7, 11) is 0. The highest BCUT2D eigenvalue weighted by atomic mass is 19.4. The molecule has 2 aromatic carbocycles. The van der Waals surface area contributed by atoms with Gasteiger partial charge in [-0.15, -0.1) is 0 Å². The smallest absolute Gasteiger partial charge is 0.497 e. The molecule has 8 heteroatoms. The number of nitrogens with zero attached hydrogens (tertiary/aromatic N) is 2. The lowest BCUT2D eigenvalue weighted by atomic mass is 9.67. The molecule has 1 spiro atoms. The van der Waals surface area contributed by atoms with Crippen molar-refractivity contribution in [3.05, 3.63) is 76.0 Å². The number of benzene rings is 2. The maximum absolute atomic E-state index is 12.8. The molecule has 0 aromatic heterocycles. The van der Waals surface area contributed by atoms with E-state index >= 15 is 0 Å². The van der Waals surface area contributed by atoms with Crippen LogP contribution in [0.4, 0.5) is 13.2 Å². The number of fused-ring (bicyclic) bond motifs is 2. The topological polar surface area (TPSA) is 52.6 Å². The van der Waals surface area contributed by atoms with Gasteiger partial charge < -0.3 is 5.21 Å². The fourth-order valence-electron chi connectivity index (χ4n) is 5.08. The molecule has 31 heavy (non-hydrogen) atoms. The number of piperidine rings is 1. The summed E-state index contributed by atoms with van der Waals surface area (Å²) in [6.07, 6.45) is -4.47. The standard InChI is InChI=1S/C23H25F3N2O3/c1-17-6-5-9-19-15-27(14-18-7-3-2-4-8-18)16-22(20(17)19)10-12-28(30,13-11-22)31-21(29)23(24,25)26/h2-9H,10-16H2,1H3. The number of alkyl halides is 3. The molecule has 0 atom stereocenters. The monoisotopic (exact) mass is 434 g/mol. The minimum Gasteiger partial charge on any atom is -0.589 e. The second-order valence-corrected chi connectivity index (χ2v) is 8.66. The molecule has 1 saturated heterocycles. The Morgan fingerprint density at radius 2 is 1.81 bits per heavy atom. The average molecular weight is 434 g/mol. The lowest BCUT2D eigenvalue weighted by Crippen LogP contribution is -2.58. The first kappa shape index (κ1) is 21.8. The minimum atomic E-state index is -5.18. The molecule has 0 amide bonds. The SMILES string of the molecule is Cc1cccc2c1C1(CC[N+]([O-])(OC(=O)C(F)(F)F)CC1)CN(Cc1ccccc1)C2. The van der Waals surface area contributed by atoms with Crippen LogP contribution in [0.15, 0.2) is 48.5 Å². The van der Waals surface area contributed by atoms with Gasteiger partial charge in [0.15, 0.2) is 0 Å². The molecular weight excluding hydrogens is 409 g/mol. The van der Waals surface area contributed by atoms with Crippen LogP contribution in [0.2, 0.25) is 0 Å². The molecule has 2 aliphatic rings. The maximum atomic E-state index is 12.8.